The summed E-state index contributed by atoms with van der Waals surface area (Å²) in [5, 5.41) is 10.7. The van der Waals surface area contributed by atoms with E-state index in [1.807, 2.05) is 6.07 Å². The lowest BCUT2D eigenvalue weighted by atomic mass is 9.93. The van der Waals surface area contributed by atoms with E-state index in [1.165, 1.54) is 10.5 Å². The summed E-state index contributed by atoms with van der Waals surface area (Å²) in [5.41, 5.74) is 3.16. The van der Waals surface area contributed by atoms with Crippen LogP contribution in [0.15, 0.2) is 46.9 Å². The van der Waals surface area contributed by atoms with Gasteiger partial charge in [0.2, 0.25) is 0 Å². The minimum Gasteiger partial charge on any atom is -0.481 e. The number of furan rings is 1. The van der Waals surface area contributed by atoms with Crippen LogP contribution in [-0.2, 0) is 17.6 Å². The maximum absolute atomic E-state index is 12.8. The van der Waals surface area contributed by atoms with Gasteiger partial charge in [-0.3, -0.25) is 24.1 Å². The number of amides is 2. The summed E-state index contributed by atoms with van der Waals surface area (Å²) >= 11 is 0. The van der Waals surface area contributed by atoms with Crippen molar-refractivity contribution in [2.45, 2.75) is 44.9 Å². The average Bonchev–Trinajstić information content (AvgIpc) is 3.49. The molecule has 0 saturated carbocycles. The Morgan fingerprint density at radius 3 is 2.44 bits per heavy atom. The van der Waals surface area contributed by atoms with Gasteiger partial charge >= 0.3 is 5.97 Å². The highest BCUT2D eigenvalue weighted by atomic mass is 16.4. The predicted octanol–water partition coefficient (Wildman–Crippen LogP) is 4.66. The number of carbonyl (C=O) groups excluding carboxylic acids is 3. The fourth-order valence-electron chi connectivity index (χ4n) is 5.03. The van der Waals surface area contributed by atoms with Gasteiger partial charge in [-0.1, -0.05) is 30.7 Å². The highest BCUT2D eigenvalue weighted by molar-refractivity contribution is 6.21. The van der Waals surface area contributed by atoms with Gasteiger partial charge in [0.1, 0.15) is 11.3 Å². The Bertz CT molecular complexity index is 1280. The number of benzene rings is 2. The van der Waals surface area contributed by atoms with Gasteiger partial charge in [0.05, 0.1) is 17.0 Å². The van der Waals surface area contributed by atoms with Crippen molar-refractivity contribution in [1.82, 2.24) is 4.90 Å². The minimum absolute atomic E-state index is 0.103. The third kappa shape index (κ3) is 3.91. The molecule has 2 aromatic carbocycles. The van der Waals surface area contributed by atoms with E-state index in [4.69, 9.17) is 4.42 Å². The van der Waals surface area contributed by atoms with E-state index in [1.54, 1.807) is 36.4 Å². The molecule has 1 atom stereocenters. The topological polar surface area (TPSA) is 105 Å². The number of rotatable bonds is 9. The quantitative estimate of drug-likeness (QED) is 0.283. The van der Waals surface area contributed by atoms with Crippen molar-refractivity contribution in [3.05, 3.63) is 70.5 Å². The molecular formula is C27H25NO6. The molecular weight excluding hydrogens is 434 g/mol. The van der Waals surface area contributed by atoms with Crippen LogP contribution in [0.5, 0.6) is 0 Å². The van der Waals surface area contributed by atoms with Crippen LogP contribution in [0.2, 0.25) is 0 Å². The summed E-state index contributed by atoms with van der Waals surface area (Å²) < 4.78 is 5.89. The standard InChI is InChI=1S/C27H25NO6/c29-22(16-11-12-19-18-9-5-10-23(18)34-24(19)15-16)14-17(27(32)33)6-3-4-13-28-25(30)20-7-1-2-8-21(20)26(28)31/h1-2,7-8,11-12,15,17H,3-6,9-10,13-14H2,(H,32,33). The van der Waals surface area contributed by atoms with E-state index < -0.39 is 11.9 Å². The second-order valence-electron chi connectivity index (χ2n) is 9.03. The molecule has 3 aromatic rings. The van der Waals surface area contributed by atoms with Crippen molar-refractivity contribution in [3.8, 4) is 0 Å². The summed E-state index contributed by atoms with van der Waals surface area (Å²) in [5.74, 6) is -1.72. The molecule has 1 unspecified atom stereocenters. The predicted molar refractivity (Wildman–Crippen MR) is 124 cm³/mol. The molecule has 2 aliphatic rings. The van der Waals surface area contributed by atoms with Crippen molar-refractivity contribution in [2.75, 3.05) is 6.54 Å². The number of fused-ring (bicyclic) bond motifs is 4. The number of nitrogens with zero attached hydrogens (tertiary/aromatic N) is 1. The van der Waals surface area contributed by atoms with Gasteiger partial charge in [-0.25, -0.2) is 0 Å². The summed E-state index contributed by atoms with van der Waals surface area (Å²) in [6, 6.07) is 12.1. The monoisotopic (exact) mass is 459 g/mol. The number of Topliss-reactive ketones (excluding diaryl/α,β-unsaturated/α-hetero) is 1. The summed E-state index contributed by atoms with van der Waals surface area (Å²) in [6.45, 7) is 0.229. The van der Waals surface area contributed by atoms with Crippen molar-refractivity contribution in [1.29, 1.82) is 0 Å². The molecule has 1 N–H and O–H groups in total. The Morgan fingerprint density at radius 2 is 1.74 bits per heavy atom. The van der Waals surface area contributed by atoms with Crippen LogP contribution in [0, 0.1) is 5.92 Å². The zero-order valence-electron chi connectivity index (χ0n) is 18.7. The first-order chi connectivity index (χ1) is 16.4. The fourth-order valence-corrected chi connectivity index (χ4v) is 5.03. The number of carbonyl (C=O) groups is 4. The van der Waals surface area contributed by atoms with Crippen LogP contribution in [0.4, 0.5) is 0 Å². The number of hydrogen-bond donors (Lipinski definition) is 1. The van der Waals surface area contributed by atoms with E-state index in [0.717, 1.165) is 30.4 Å². The van der Waals surface area contributed by atoms with Gasteiger partial charge < -0.3 is 9.52 Å². The number of imide groups is 1. The highest BCUT2D eigenvalue weighted by Gasteiger charge is 2.34. The molecule has 7 heteroatoms. The first kappa shape index (κ1) is 22.1. The summed E-state index contributed by atoms with van der Waals surface area (Å²) in [6.07, 6.45) is 4.13. The maximum Gasteiger partial charge on any atom is 0.306 e. The third-order valence-electron chi connectivity index (χ3n) is 6.87. The molecule has 7 nitrogen and oxygen atoms in total. The maximum atomic E-state index is 12.8. The van der Waals surface area contributed by atoms with E-state index in [0.29, 0.717) is 41.5 Å². The van der Waals surface area contributed by atoms with Gasteiger partial charge in [-0.15, -0.1) is 0 Å². The lowest BCUT2D eigenvalue weighted by Gasteiger charge is -2.15. The molecule has 0 radical (unpaired) electrons. The lowest BCUT2D eigenvalue weighted by molar-refractivity contribution is -0.141. The van der Waals surface area contributed by atoms with Crippen molar-refractivity contribution >= 4 is 34.5 Å². The van der Waals surface area contributed by atoms with E-state index >= 15 is 0 Å². The van der Waals surface area contributed by atoms with Gasteiger partial charge in [0.15, 0.2) is 5.78 Å². The Kier molecular flexibility index (Phi) is 5.77. The first-order valence-corrected chi connectivity index (χ1v) is 11.7. The third-order valence-corrected chi connectivity index (χ3v) is 6.87. The molecule has 0 spiro atoms. The number of unbranched alkanes of at least 4 members (excludes halogenated alkanes) is 1. The number of aryl methyl sites for hydroxylation is 2. The SMILES string of the molecule is O=C(CC(CCCCN1C(=O)c2ccccc2C1=O)C(=O)O)c1ccc2c3c(oc2c1)CCC3. The van der Waals surface area contributed by atoms with Crippen LogP contribution >= 0.6 is 0 Å². The van der Waals surface area contributed by atoms with Crippen molar-refractivity contribution in [3.63, 3.8) is 0 Å². The smallest absolute Gasteiger partial charge is 0.306 e. The van der Waals surface area contributed by atoms with E-state index in [2.05, 4.69) is 0 Å². The van der Waals surface area contributed by atoms with E-state index in [9.17, 15) is 24.3 Å². The van der Waals surface area contributed by atoms with Crippen molar-refractivity contribution < 1.29 is 28.7 Å². The molecule has 34 heavy (non-hydrogen) atoms. The molecule has 0 bridgehead atoms. The molecule has 2 amide bonds. The van der Waals surface area contributed by atoms with Crippen LogP contribution in [0.25, 0.3) is 11.0 Å². The number of carboxylic acids is 1. The number of hydrogen-bond acceptors (Lipinski definition) is 5. The molecule has 1 aliphatic carbocycles. The Hall–Kier alpha value is -3.74. The lowest BCUT2D eigenvalue weighted by Crippen LogP contribution is -2.30. The highest BCUT2D eigenvalue weighted by Crippen LogP contribution is 2.33. The largest absolute Gasteiger partial charge is 0.481 e. The molecule has 1 aromatic heterocycles. The van der Waals surface area contributed by atoms with Gasteiger partial charge in [-0.05, 0) is 43.9 Å². The molecule has 1 aliphatic heterocycles. The summed E-state index contributed by atoms with van der Waals surface area (Å²) in [4.78, 5) is 50.7. The van der Waals surface area contributed by atoms with Crippen LogP contribution in [0.1, 0.15) is 74.5 Å². The minimum atomic E-state index is -1.02. The number of carboxylic acid groups (broad SMARTS) is 1. The Morgan fingerprint density at radius 1 is 1.00 bits per heavy atom. The molecule has 0 fully saturated rings. The number of aliphatic carboxylic acids is 1. The fraction of sp³-hybridized carbons (Fsp3) is 0.333. The Labute approximate surface area is 196 Å². The van der Waals surface area contributed by atoms with Gasteiger partial charge in [0, 0.05) is 35.9 Å². The van der Waals surface area contributed by atoms with Crippen LogP contribution < -0.4 is 0 Å². The summed E-state index contributed by atoms with van der Waals surface area (Å²) in [7, 11) is 0. The first-order valence-electron chi connectivity index (χ1n) is 11.7. The van der Waals surface area contributed by atoms with E-state index in [-0.39, 0.29) is 30.6 Å². The average molecular weight is 459 g/mol. The molecule has 5 rings (SSSR count). The number of ketones is 1. The zero-order chi connectivity index (χ0) is 23.8. The molecule has 174 valence electrons. The second-order valence-corrected chi connectivity index (χ2v) is 9.03. The van der Waals surface area contributed by atoms with Gasteiger partial charge in [0.25, 0.3) is 11.8 Å². The Balaban J connectivity index is 1.17. The van der Waals surface area contributed by atoms with Crippen LogP contribution in [0.3, 0.4) is 0 Å². The normalized spacial score (nSPS) is 15.6. The second kappa shape index (κ2) is 8.89. The molecule has 0 saturated heterocycles. The van der Waals surface area contributed by atoms with Crippen molar-refractivity contribution in [2.24, 2.45) is 5.92 Å². The zero-order valence-corrected chi connectivity index (χ0v) is 18.7. The van der Waals surface area contributed by atoms with Crippen LogP contribution in [-0.4, -0.2) is 40.1 Å². The van der Waals surface area contributed by atoms with Gasteiger partial charge in [-0.2, -0.15) is 0 Å². The molecule has 2 heterocycles.